The summed E-state index contributed by atoms with van der Waals surface area (Å²) in [4.78, 5) is 15.9. The van der Waals surface area contributed by atoms with Gasteiger partial charge in [-0.15, -0.1) is 0 Å². The van der Waals surface area contributed by atoms with Crippen molar-refractivity contribution in [2.45, 2.75) is 37.4 Å². The predicted molar refractivity (Wildman–Crippen MR) is 83.3 cm³/mol. The number of carbonyl (C=O) groups excluding carboxylic acids is 1. The number of benzene rings is 1. The van der Waals surface area contributed by atoms with Gasteiger partial charge < -0.3 is 5.32 Å². The lowest BCUT2D eigenvalue weighted by atomic mass is 10.0. The van der Waals surface area contributed by atoms with Crippen LogP contribution in [-0.4, -0.2) is 16.9 Å². The lowest BCUT2D eigenvalue weighted by Gasteiger charge is -2.12. The molecule has 0 unspecified atom stereocenters. The van der Waals surface area contributed by atoms with Gasteiger partial charge in [0.2, 0.25) is 5.91 Å². The molecule has 1 amide bonds. The number of nitrogens with one attached hydrogen (secondary N) is 1. The fourth-order valence-corrected chi connectivity index (χ4v) is 2.86. The van der Waals surface area contributed by atoms with E-state index >= 15 is 0 Å². The van der Waals surface area contributed by atoms with Crippen molar-refractivity contribution in [2.24, 2.45) is 0 Å². The van der Waals surface area contributed by atoms with Crippen LogP contribution in [0.15, 0.2) is 48.8 Å². The summed E-state index contributed by atoms with van der Waals surface area (Å²) in [5, 5.41) is 2.83. The van der Waals surface area contributed by atoms with Gasteiger partial charge in [0.05, 0.1) is 5.56 Å². The number of aryl methyl sites for hydroxylation is 1. The van der Waals surface area contributed by atoms with E-state index in [-0.39, 0.29) is 23.4 Å². The second-order valence-electron chi connectivity index (χ2n) is 5.96. The SMILES string of the molecule is O=C(CCc1ccncc1)N[C@@H]1C[C@H]1c1ccccc1C(F)(F)F. The number of carbonyl (C=O) groups is 1. The largest absolute Gasteiger partial charge is 0.416 e. The Bertz CT molecular complexity index is 716. The third-order valence-electron chi connectivity index (χ3n) is 4.19. The van der Waals surface area contributed by atoms with Gasteiger partial charge in [-0.3, -0.25) is 9.78 Å². The van der Waals surface area contributed by atoms with Gasteiger partial charge in [-0.2, -0.15) is 13.2 Å². The molecular weight excluding hydrogens is 317 g/mol. The summed E-state index contributed by atoms with van der Waals surface area (Å²) in [7, 11) is 0. The van der Waals surface area contributed by atoms with Gasteiger partial charge in [0.25, 0.3) is 0 Å². The van der Waals surface area contributed by atoms with Crippen molar-refractivity contribution in [2.75, 3.05) is 0 Å². The molecule has 1 aliphatic rings. The number of amides is 1. The number of pyridine rings is 1. The van der Waals surface area contributed by atoms with Gasteiger partial charge in [0.15, 0.2) is 0 Å². The molecule has 0 bridgehead atoms. The number of halogens is 3. The number of alkyl halides is 3. The molecule has 1 aromatic carbocycles. The summed E-state index contributed by atoms with van der Waals surface area (Å²) in [6.45, 7) is 0. The third-order valence-corrected chi connectivity index (χ3v) is 4.19. The van der Waals surface area contributed by atoms with Gasteiger partial charge in [0, 0.05) is 30.8 Å². The zero-order valence-electron chi connectivity index (χ0n) is 12.9. The van der Waals surface area contributed by atoms with Crippen LogP contribution >= 0.6 is 0 Å². The van der Waals surface area contributed by atoms with Crippen LogP contribution in [0, 0.1) is 0 Å². The molecule has 2 aromatic rings. The first kappa shape index (κ1) is 16.5. The van der Waals surface area contributed by atoms with Crippen LogP contribution in [0.4, 0.5) is 13.2 Å². The van der Waals surface area contributed by atoms with E-state index in [0.717, 1.165) is 11.6 Å². The summed E-state index contributed by atoms with van der Waals surface area (Å²) in [6.07, 6.45) is 0.415. The maximum absolute atomic E-state index is 13.0. The fourth-order valence-electron chi connectivity index (χ4n) is 2.86. The molecule has 0 radical (unpaired) electrons. The number of aromatic nitrogens is 1. The molecule has 1 saturated carbocycles. The first-order valence-corrected chi connectivity index (χ1v) is 7.79. The molecule has 6 heteroatoms. The number of rotatable bonds is 5. The molecule has 0 spiro atoms. The first-order valence-electron chi connectivity index (χ1n) is 7.79. The van der Waals surface area contributed by atoms with Crippen molar-refractivity contribution in [1.82, 2.24) is 10.3 Å². The standard InChI is InChI=1S/C18H17F3N2O/c19-18(20,21)15-4-2-1-3-13(15)14-11-16(14)23-17(24)6-5-12-7-9-22-10-8-12/h1-4,7-10,14,16H,5-6,11H2,(H,23,24)/t14-,16+/m0/s1. The van der Waals surface area contributed by atoms with E-state index in [0.29, 0.717) is 19.3 Å². The van der Waals surface area contributed by atoms with Crippen LogP contribution in [0.25, 0.3) is 0 Å². The van der Waals surface area contributed by atoms with Gasteiger partial charge in [-0.25, -0.2) is 0 Å². The van der Waals surface area contributed by atoms with Crippen LogP contribution in [0.3, 0.4) is 0 Å². The topological polar surface area (TPSA) is 42.0 Å². The summed E-state index contributed by atoms with van der Waals surface area (Å²) >= 11 is 0. The molecule has 0 aliphatic heterocycles. The van der Waals surface area contributed by atoms with Crippen molar-refractivity contribution < 1.29 is 18.0 Å². The van der Waals surface area contributed by atoms with Gasteiger partial charge in [-0.1, -0.05) is 18.2 Å². The molecule has 24 heavy (non-hydrogen) atoms. The molecule has 2 atom stereocenters. The normalized spacial score (nSPS) is 19.8. The van der Waals surface area contributed by atoms with Crippen LogP contribution < -0.4 is 5.32 Å². The number of hydrogen-bond acceptors (Lipinski definition) is 2. The lowest BCUT2D eigenvalue weighted by Crippen LogP contribution is -2.27. The minimum Gasteiger partial charge on any atom is -0.353 e. The average Bonchev–Trinajstić information content (AvgIpc) is 3.32. The maximum atomic E-state index is 13.0. The van der Waals surface area contributed by atoms with Crippen LogP contribution in [0.2, 0.25) is 0 Å². The van der Waals surface area contributed by atoms with Crippen LogP contribution in [0.5, 0.6) is 0 Å². The minimum absolute atomic E-state index is 0.135. The van der Waals surface area contributed by atoms with E-state index in [1.54, 1.807) is 18.5 Å². The molecule has 0 saturated heterocycles. The molecule has 1 fully saturated rings. The Kier molecular flexibility index (Phi) is 4.55. The number of hydrogen-bond donors (Lipinski definition) is 1. The van der Waals surface area contributed by atoms with E-state index in [4.69, 9.17) is 0 Å². The quantitative estimate of drug-likeness (QED) is 0.906. The Hall–Kier alpha value is -2.37. The van der Waals surface area contributed by atoms with Crippen LogP contribution in [0.1, 0.15) is 35.4 Å². The summed E-state index contributed by atoms with van der Waals surface area (Å²) < 4.78 is 39.1. The highest BCUT2D eigenvalue weighted by atomic mass is 19.4. The maximum Gasteiger partial charge on any atom is 0.416 e. The molecule has 1 aliphatic carbocycles. The van der Waals surface area contributed by atoms with Crippen molar-refractivity contribution in [3.05, 3.63) is 65.5 Å². The van der Waals surface area contributed by atoms with Crippen LogP contribution in [-0.2, 0) is 17.4 Å². The van der Waals surface area contributed by atoms with Gasteiger partial charge in [0.1, 0.15) is 0 Å². The van der Waals surface area contributed by atoms with Crippen molar-refractivity contribution in [3.8, 4) is 0 Å². The molecule has 1 heterocycles. The lowest BCUT2D eigenvalue weighted by molar-refractivity contribution is -0.138. The fraction of sp³-hybridized carbons (Fsp3) is 0.333. The molecule has 1 N–H and O–H groups in total. The summed E-state index contributed by atoms with van der Waals surface area (Å²) in [5.41, 5.74) is 0.669. The summed E-state index contributed by atoms with van der Waals surface area (Å²) in [6, 6.07) is 9.05. The minimum atomic E-state index is -4.37. The van der Waals surface area contributed by atoms with E-state index in [9.17, 15) is 18.0 Å². The van der Waals surface area contributed by atoms with Gasteiger partial charge in [-0.05, 0) is 42.2 Å². The Morgan fingerprint density at radius 1 is 1.17 bits per heavy atom. The number of nitrogens with zero attached hydrogens (tertiary/aromatic N) is 1. The molecule has 3 nitrogen and oxygen atoms in total. The van der Waals surface area contributed by atoms with E-state index in [1.807, 2.05) is 12.1 Å². The van der Waals surface area contributed by atoms with E-state index < -0.39 is 11.7 Å². The highest BCUT2D eigenvalue weighted by Gasteiger charge is 2.44. The highest BCUT2D eigenvalue weighted by molar-refractivity contribution is 5.77. The smallest absolute Gasteiger partial charge is 0.353 e. The highest BCUT2D eigenvalue weighted by Crippen LogP contribution is 2.46. The zero-order chi connectivity index (χ0) is 17.2. The molecular formula is C18H17F3N2O. The zero-order valence-corrected chi connectivity index (χ0v) is 12.9. The Morgan fingerprint density at radius 3 is 2.58 bits per heavy atom. The first-order chi connectivity index (χ1) is 11.4. The monoisotopic (exact) mass is 334 g/mol. The Balaban J connectivity index is 1.56. The Morgan fingerprint density at radius 2 is 1.88 bits per heavy atom. The molecule has 126 valence electrons. The van der Waals surface area contributed by atoms with Crippen molar-refractivity contribution in [3.63, 3.8) is 0 Å². The molecule has 3 rings (SSSR count). The molecule has 1 aromatic heterocycles. The average molecular weight is 334 g/mol. The van der Waals surface area contributed by atoms with Gasteiger partial charge >= 0.3 is 6.18 Å². The van der Waals surface area contributed by atoms with Crippen molar-refractivity contribution >= 4 is 5.91 Å². The second-order valence-corrected chi connectivity index (χ2v) is 5.96. The third kappa shape index (κ3) is 3.93. The second kappa shape index (κ2) is 6.63. The predicted octanol–water partition coefficient (Wildman–Crippen LogP) is 3.71. The van der Waals surface area contributed by atoms with Crippen molar-refractivity contribution in [1.29, 1.82) is 0 Å². The summed E-state index contributed by atoms with van der Waals surface area (Å²) in [5.74, 6) is -0.392. The van der Waals surface area contributed by atoms with E-state index in [2.05, 4.69) is 10.3 Å². The Labute approximate surface area is 137 Å². The van der Waals surface area contributed by atoms with E-state index in [1.165, 1.54) is 12.1 Å².